The lowest BCUT2D eigenvalue weighted by molar-refractivity contribution is -0.128. The van der Waals surface area contributed by atoms with Crippen molar-refractivity contribution in [2.24, 2.45) is 0 Å². The molecule has 3 atom stereocenters. The van der Waals surface area contributed by atoms with Crippen LogP contribution in [0.15, 0.2) is 0 Å². The molecule has 58 valence electrons. The highest BCUT2D eigenvalue weighted by Crippen LogP contribution is 2.07. The average Bonchev–Trinajstić information content (AvgIpc) is 2.17. The van der Waals surface area contributed by atoms with E-state index in [0.717, 1.165) is 0 Å². The summed E-state index contributed by atoms with van der Waals surface area (Å²) in [6.07, 6.45) is -2.57. The summed E-state index contributed by atoms with van der Waals surface area (Å²) >= 11 is 0. The second-order valence-electron chi connectivity index (χ2n) is 2.23. The van der Waals surface area contributed by atoms with E-state index in [1.165, 1.54) is 0 Å². The third-order valence-electron chi connectivity index (χ3n) is 1.53. The predicted octanol–water partition coefficient (Wildman–Crippen LogP) is -2.80. The van der Waals surface area contributed by atoms with Crippen LogP contribution in [-0.4, -0.2) is 46.1 Å². The number of hydrogen-bond acceptors (Lipinski definition) is 4. The van der Waals surface area contributed by atoms with Gasteiger partial charge >= 0.3 is 0 Å². The van der Waals surface area contributed by atoms with Gasteiger partial charge in [0.25, 0.3) is 5.91 Å². The molecule has 1 saturated heterocycles. The molecular weight excluding hydrogens is 138 g/mol. The second-order valence-corrected chi connectivity index (χ2v) is 2.23. The Kier molecular flexibility index (Phi) is 1.89. The van der Waals surface area contributed by atoms with Gasteiger partial charge in [0.2, 0.25) is 0 Å². The molecule has 0 bridgehead atoms. The van der Waals surface area contributed by atoms with Crippen molar-refractivity contribution in [2.75, 3.05) is 6.61 Å². The van der Waals surface area contributed by atoms with Crippen LogP contribution in [0.25, 0.3) is 0 Å². The standard InChI is InChI=1S/C5H9NO4/c7-1-2-3(8)4(9)5(10)6-2/h2-4,7-9H,1H2,(H,6,10)/t2-,3-,4-/m1/s1. The highest BCUT2D eigenvalue weighted by Gasteiger charge is 2.39. The Morgan fingerprint density at radius 1 is 1.50 bits per heavy atom. The molecule has 1 aliphatic heterocycles. The first kappa shape index (κ1) is 7.46. The minimum absolute atomic E-state index is 0.357. The van der Waals surface area contributed by atoms with Crippen LogP contribution >= 0.6 is 0 Å². The summed E-state index contributed by atoms with van der Waals surface area (Å²) in [5.41, 5.74) is 0. The molecule has 10 heavy (non-hydrogen) atoms. The van der Waals surface area contributed by atoms with Gasteiger partial charge in [-0.2, -0.15) is 0 Å². The normalized spacial score (nSPS) is 39.9. The third-order valence-corrected chi connectivity index (χ3v) is 1.53. The maximum atomic E-state index is 10.5. The van der Waals surface area contributed by atoms with E-state index in [-0.39, 0.29) is 6.61 Å². The van der Waals surface area contributed by atoms with Crippen molar-refractivity contribution in [2.45, 2.75) is 18.2 Å². The zero-order valence-electron chi connectivity index (χ0n) is 5.19. The van der Waals surface area contributed by atoms with Crippen LogP contribution in [0.5, 0.6) is 0 Å². The molecule has 0 aliphatic carbocycles. The molecular formula is C5H9NO4. The largest absolute Gasteiger partial charge is 0.394 e. The highest BCUT2D eigenvalue weighted by molar-refractivity contribution is 5.84. The van der Waals surface area contributed by atoms with Crippen molar-refractivity contribution in [1.29, 1.82) is 0 Å². The number of amides is 1. The molecule has 1 heterocycles. The van der Waals surface area contributed by atoms with E-state index in [1.807, 2.05) is 0 Å². The van der Waals surface area contributed by atoms with Crippen molar-refractivity contribution in [3.8, 4) is 0 Å². The first-order valence-corrected chi connectivity index (χ1v) is 2.94. The maximum Gasteiger partial charge on any atom is 0.252 e. The monoisotopic (exact) mass is 147 g/mol. The van der Waals surface area contributed by atoms with Gasteiger partial charge in [0, 0.05) is 0 Å². The van der Waals surface area contributed by atoms with Gasteiger partial charge in [-0.05, 0) is 0 Å². The minimum atomic E-state index is -1.39. The lowest BCUT2D eigenvalue weighted by Gasteiger charge is -2.10. The first-order chi connectivity index (χ1) is 4.66. The molecule has 1 rings (SSSR count). The van der Waals surface area contributed by atoms with Gasteiger partial charge < -0.3 is 20.6 Å². The van der Waals surface area contributed by atoms with Gasteiger partial charge in [0.05, 0.1) is 12.6 Å². The molecule has 1 fully saturated rings. The molecule has 5 nitrogen and oxygen atoms in total. The number of carbonyl (C=O) groups is 1. The number of hydrogen-bond donors (Lipinski definition) is 4. The van der Waals surface area contributed by atoms with E-state index in [1.54, 1.807) is 0 Å². The quantitative estimate of drug-likeness (QED) is 0.322. The molecule has 0 aromatic carbocycles. The molecule has 4 N–H and O–H groups in total. The number of rotatable bonds is 1. The van der Waals surface area contributed by atoms with Crippen LogP contribution in [0.4, 0.5) is 0 Å². The molecule has 0 aromatic rings. The summed E-state index contributed by atoms with van der Waals surface area (Å²) in [5.74, 6) is -0.633. The van der Waals surface area contributed by atoms with Crippen LogP contribution < -0.4 is 5.32 Å². The molecule has 0 unspecified atom stereocenters. The fourth-order valence-corrected chi connectivity index (χ4v) is 0.882. The van der Waals surface area contributed by atoms with Crippen LogP contribution in [0.3, 0.4) is 0 Å². The minimum Gasteiger partial charge on any atom is -0.394 e. The number of aliphatic hydroxyl groups excluding tert-OH is 3. The highest BCUT2D eigenvalue weighted by atomic mass is 16.3. The smallest absolute Gasteiger partial charge is 0.252 e. The Morgan fingerprint density at radius 2 is 2.10 bits per heavy atom. The van der Waals surface area contributed by atoms with Crippen molar-refractivity contribution in [3.05, 3.63) is 0 Å². The molecule has 0 saturated carbocycles. The van der Waals surface area contributed by atoms with Crippen molar-refractivity contribution < 1.29 is 20.1 Å². The fraction of sp³-hybridized carbons (Fsp3) is 0.800. The van der Waals surface area contributed by atoms with Gasteiger partial charge in [0.15, 0.2) is 6.10 Å². The number of nitrogens with one attached hydrogen (secondary N) is 1. The summed E-state index contributed by atoms with van der Waals surface area (Å²) in [7, 11) is 0. The predicted molar refractivity (Wildman–Crippen MR) is 31.0 cm³/mol. The molecule has 0 aromatic heterocycles. The van der Waals surface area contributed by atoms with E-state index >= 15 is 0 Å². The Balaban J connectivity index is 2.61. The van der Waals surface area contributed by atoms with Crippen molar-refractivity contribution >= 4 is 5.91 Å². The molecule has 1 aliphatic rings. The van der Waals surface area contributed by atoms with Crippen molar-refractivity contribution in [1.82, 2.24) is 5.32 Å². The lowest BCUT2D eigenvalue weighted by atomic mass is 10.1. The first-order valence-electron chi connectivity index (χ1n) is 2.94. The van der Waals surface area contributed by atoms with Gasteiger partial charge in [-0.25, -0.2) is 0 Å². The zero-order chi connectivity index (χ0) is 7.72. The van der Waals surface area contributed by atoms with Gasteiger partial charge in [-0.15, -0.1) is 0 Å². The summed E-state index contributed by atoms with van der Waals surface area (Å²) < 4.78 is 0. The third kappa shape index (κ3) is 0.985. The second kappa shape index (κ2) is 2.53. The Labute approximate surface area is 57.3 Å². The average molecular weight is 147 g/mol. The lowest BCUT2D eigenvalue weighted by Crippen LogP contribution is -2.35. The Morgan fingerprint density at radius 3 is 2.30 bits per heavy atom. The number of carbonyl (C=O) groups excluding carboxylic acids is 1. The van der Waals surface area contributed by atoms with Crippen LogP contribution in [0.1, 0.15) is 0 Å². The summed E-state index contributed by atoms with van der Waals surface area (Å²) in [6.45, 7) is -0.357. The molecule has 1 amide bonds. The summed E-state index contributed by atoms with van der Waals surface area (Å²) in [5, 5.41) is 28.4. The summed E-state index contributed by atoms with van der Waals surface area (Å²) in [6, 6.07) is -0.720. The van der Waals surface area contributed by atoms with E-state index in [9.17, 15) is 4.79 Å². The van der Waals surface area contributed by atoms with Gasteiger partial charge in [-0.1, -0.05) is 0 Å². The SMILES string of the molecule is O=C1N[C@H](CO)[C@@H](O)[C@H]1O. The van der Waals surface area contributed by atoms with Crippen LogP contribution in [0, 0.1) is 0 Å². The molecule has 5 heteroatoms. The number of aliphatic hydroxyl groups is 3. The van der Waals surface area contributed by atoms with Crippen LogP contribution in [-0.2, 0) is 4.79 Å². The Bertz CT molecular complexity index is 149. The molecule has 0 radical (unpaired) electrons. The molecule has 0 spiro atoms. The van der Waals surface area contributed by atoms with Gasteiger partial charge in [0.1, 0.15) is 6.10 Å². The summed E-state index contributed by atoms with van der Waals surface area (Å²) in [4.78, 5) is 10.5. The van der Waals surface area contributed by atoms with Crippen LogP contribution in [0.2, 0.25) is 0 Å². The fourth-order valence-electron chi connectivity index (χ4n) is 0.882. The van der Waals surface area contributed by atoms with E-state index < -0.39 is 24.2 Å². The van der Waals surface area contributed by atoms with E-state index in [0.29, 0.717) is 0 Å². The van der Waals surface area contributed by atoms with Crippen molar-refractivity contribution in [3.63, 3.8) is 0 Å². The maximum absolute atomic E-state index is 10.5. The Hall–Kier alpha value is -0.650. The van der Waals surface area contributed by atoms with Gasteiger partial charge in [-0.3, -0.25) is 4.79 Å². The topological polar surface area (TPSA) is 89.8 Å². The van der Waals surface area contributed by atoms with E-state index in [2.05, 4.69) is 5.32 Å². The zero-order valence-corrected chi connectivity index (χ0v) is 5.19. The van der Waals surface area contributed by atoms with E-state index in [4.69, 9.17) is 15.3 Å².